The topological polar surface area (TPSA) is 72.1 Å². The summed E-state index contributed by atoms with van der Waals surface area (Å²) in [6.07, 6.45) is 2.14. The van der Waals surface area contributed by atoms with Crippen molar-refractivity contribution in [1.29, 1.82) is 0 Å². The zero-order valence-corrected chi connectivity index (χ0v) is 11.0. The van der Waals surface area contributed by atoms with Gasteiger partial charge in [0.1, 0.15) is 0 Å². The molecule has 1 atom stereocenters. The van der Waals surface area contributed by atoms with Crippen LogP contribution in [-0.4, -0.2) is 56.9 Å². The molecule has 1 unspecified atom stereocenters. The Hall–Kier alpha value is -0.850. The van der Waals surface area contributed by atoms with Crippen molar-refractivity contribution in [3.8, 4) is 0 Å². The van der Waals surface area contributed by atoms with Gasteiger partial charge in [-0.15, -0.1) is 0 Å². The maximum Gasteiger partial charge on any atom is 0.208 e. The maximum absolute atomic E-state index is 5.54. The summed E-state index contributed by atoms with van der Waals surface area (Å²) < 4.78 is 10.5. The van der Waals surface area contributed by atoms with Crippen molar-refractivity contribution in [1.82, 2.24) is 10.3 Å². The van der Waals surface area contributed by atoms with Gasteiger partial charge < -0.3 is 14.4 Å². The van der Waals surface area contributed by atoms with Gasteiger partial charge >= 0.3 is 0 Å². The maximum atomic E-state index is 5.54. The van der Waals surface area contributed by atoms with Crippen LogP contribution < -0.4 is 11.3 Å². The highest BCUT2D eigenvalue weighted by atomic mass is 16.5. The number of nitrogens with one attached hydrogen (secondary N) is 1. The summed E-state index contributed by atoms with van der Waals surface area (Å²) in [4.78, 5) is 6.51. The van der Waals surface area contributed by atoms with E-state index in [1.165, 1.54) is 0 Å². The highest BCUT2D eigenvalue weighted by Gasteiger charge is 2.31. The van der Waals surface area contributed by atoms with Crippen molar-refractivity contribution in [3.05, 3.63) is 0 Å². The first-order valence-corrected chi connectivity index (χ1v) is 5.95. The Morgan fingerprint density at radius 1 is 1.53 bits per heavy atom. The smallest absolute Gasteiger partial charge is 0.208 e. The van der Waals surface area contributed by atoms with Gasteiger partial charge in [-0.25, -0.2) is 10.8 Å². The van der Waals surface area contributed by atoms with E-state index >= 15 is 0 Å². The van der Waals surface area contributed by atoms with Crippen molar-refractivity contribution in [3.63, 3.8) is 0 Å². The summed E-state index contributed by atoms with van der Waals surface area (Å²) in [7, 11) is 3.41. The molecule has 1 fully saturated rings. The Balaban J connectivity index is 2.59. The van der Waals surface area contributed by atoms with Crippen LogP contribution >= 0.6 is 0 Å². The van der Waals surface area contributed by atoms with E-state index < -0.39 is 0 Å². The van der Waals surface area contributed by atoms with Crippen LogP contribution in [0.5, 0.6) is 0 Å². The number of nitrogens with two attached hydrogens (primary N) is 1. The lowest BCUT2D eigenvalue weighted by Crippen LogP contribution is -2.54. The molecule has 100 valence electrons. The third kappa shape index (κ3) is 4.14. The van der Waals surface area contributed by atoms with Crippen LogP contribution in [0.25, 0.3) is 0 Å². The van der Waals surface area contributed by atoms with Crippen molar-refractivity contribution >= 4 is 5.96 Å². The van der Waals surface area contributed by atoms with Gasteiger partial charge in [0, 0.05) is 27.3 Å². The van der Waals surface area contributed by atoms with Gasteiger partial charge in [-0.2, -0.15) is 0 Å². The predicted molar refractivity (Wildman–Crippen MR) is 67.7 cm³/mol. The van der Waals surface area contributed by atoms with E-state index in [9.17, 15) is 0 Å². The molecule has 1 heterocycles. The highest BCUT2D eigenvalue weighted by Crippen LogP contribution is 2.23. The summed E-state index contributed by atoms with van der Waals surface area (Å²) in [6.45, 7) is 5.08. The monoisotopic (exact) mass is 244 g/mol. The van der Waals surface area contributed by atoms with E-state index in [2.05, 4.69) is 22.2 Å². The van der Waals surface area contributed by atoms with Gasteiger partial charge in [0.2, 0.25) is 5.96 Å². The summed E-state index contributed by atoms with van der Waals surface area (Å²) in [5.74, 6) is 6.22. The molecule has 1 aliphatic rings. The summed E-state index contributed by atoms with van der Waals surface area (Å²) >= 11 is 0. The van der Waals surface area contributed by atoms with Crippen molar-refractivity contribution in [2.45, 2.75) is 25.4 Å². The molecule has 0 spiro atoms. The Morgan fingerprint density at radius 2 is 2.29 bits per heavy atom. The molecule has 6 nitrogen and oxygen atoms in total. The minimum Gasteiger partial charge on any atom is -0.383 e. The largest absolute Gasteiger partial charge is 0.383 e. The number of hydrazine groups is 1. The number of methoxy groups -OCH3 is 2. The molecule has 0 aliphatic carbocycles. The first kappa shape index (κ1) is 14.2. The molecule has 0 amide bonds. The molecular weight excluding hydrogens is 220 g/mol. The van der Waals surface area contributed by atoms with E-state index in [4.69, 9.17) is 15.3 Å². The van der Waals surface area contributed by atoms with E-state index in [1.54, 1.807) is 14.2 Å². The van der Waals surface area contributed by atoms with Gasteiger partial charge in [0.05, 0.1) is 18.8 Å². The highest BCUT2D eigenvalue weighted by molar-refractivity contribution is 5.79. The third-order valence-corrected chi connectivity index (χ3v) is 3.14. The fraction of sp³-hybridized carbons (Fsp3) is 0.909. The van der Waals surface area contributed by atoms with Gasteiger partial charge in [-0.05, 0) is 19.8 Å². The molecule has 0 bridgehead atoms. The Bertz CT molecular complexity index is 260. The van der Waals surface area contributed by atoms with Crippen molar-refractivity contribution < 1.29 is 9.47 Å². The van der Waals surface area contributed by atoms with Gasteiger partial charge in [0.15, 0.2) is 0 Å². The number of nitrogens with zero attached hydrogens (tertiary/aromatic N) is 2. The third-order valence-electron chi connectivity index (χ3n) is 3.14. The molecule has 17 heavy (non-hydrogen) atoms. The number of ether oxygens (including phenoxy) is 2. The minimum absolute atomic E-state index is 0.114. The number of rotatable bonds is 4. The van der Waals surface area contributed by atoms with Crippen LogP contribution in [-0.2, 0) is 9.47 Å². The van der Waals surface area contributed by atoms with Crippen LogP contribution in [0.4, 0.5) is 0 Å². The first-order chi connectivity index (χ1) is 8.15. The Kier molecular flexibility index (Phi) is 5.67. The molecule has 1 aliphatic heterocycles. The van der Waals surface area contributed by atoms with Crippen LogP contribution in [0, 0.1) is 0 Å². The number of hydrogen-bond acceptors (Lipinski definition) is 4. The normalized spacial score (nSPS) is 26.1. The van der Waals surface area contributed by atoms with E-state index in [1.807, 2.05) is 0 Å². The van der Waals surface area contributed by atoms with Crippen LogP contribution in [0.1, 0.15) is 19.8 Å². The number of piperidine rings is 1. The van der Waals surface area contributed by atoms with Crippen LogP contribution in [0.15, 0.2) is 4.99 Å². The summed E-state index contributed by atoms with van der Waals surface area (Å²) in [6, 6.07) is 0. The first-order valence-electron chi connectivity index (χ1n) is 5.95. The molecule has 1 saturated heterocycles. The average Bonchev–Trinajstić information content (AvgIpc) is 2.35. The second-order valence-electron chi connectivity index (χ2n) is 4.52. The quantitative estimate of drug-likeness (QED) is 0.238. The molecule has 0 aromatic carbocycles. The van der Waals surface area contributed by atoms with Crippen molar-refractivity contribution in [2.24, 2.45) is 10.8 Å². The van der Waals surface area contributed by atoms with E-state index in [0.29, 0.717) is 19.1 Å². The number of hydrogen-bond donors (Lipinski definition) is 2. The van der Waals surface area contributed by atoms with Gasteiger partial charge in [-0.1, -0.05) is 0 Å². The number of aliphatic imine (C=N–C) groups is 1. The molecule has 0 aromatic rings. The second-order valence-corrected chi connectivity index (χ2v) is 4.52. The zero-order valence-electron chi connectivity index (χ0n) is 11.0. The molecule has 0 radical (unpaired) electrons. The molecule has 6 heteroatoms. The molecule has 1 rings (SSSR count). The lowest BCUT2D eigenvalue weighted by molar-refractivity contribution is -0.0356. The Labute approximate surface area is 103 Å². The van der Waals surface area contributed by atoms with Crippen LogP contribution in [0.3, 0.4) is 0 Å². The molecule has 0 saturated carbocycles. The SMILES string of the molecule is COCCN=C(NN)N1CCCC(C)(OC)C1. The average molecular weight is 244 g/mol. The summed E-state index contributed by atoms with van der Waals surface area (Å²) in [5, 5.41) is 0. The summed E-state index contributed by atoms with van der Waals surface area (Å²) in [5.41, 5.74) is 2.54. The fourth-order valence-electron chi connectivity index (χ4n) is 2.03. The Morgan fingerprint density at radius 3 is 2.88 bits per heavy atom. The molecule has 3 N–H and O–H groups in total. The van der Waals surface area contributed by atoms with Gasteiger partial charge in [-0.3, -0.25) is 5.43 Å². The number of likely N-dealkylation sites (tertiary alicyclic amines) is 1. The second kappa shape index (κ2) is 6.78. The molecule has 0 aromatic heterocycles. The standard InChI is InChI=1S/C11H24N4O2/c1-11(17-3)5-4-7-15(9-11)10(14-12)13-6-8-16-2/h4-9,12H2,1-3H3,(H,13,14). The lowest BCUT2D eigenvalue weighted by atomic mass is 9.95. The van der Waals surface area contributed by atoms with Gasteiger partial charge in [0.25, 0.3) is 0 Å². The zero-order chi connectivity index (χ0) is 12.7. The molecular formula is C11H24N4O2. The number of guanidine groups is 1. The van der Waals surface area contributed by atoms with E-state index in [0.717, 1.165) is 25.9 Å². The fourth-order valence-corrected chi connectivity index (χ4v) is 2.03. The lowest BCUT2D eigenvalue weighted by Gasteiger charge is -2.40. The van der Waals surface area contributed by atoms with Crippen LogP contribution in [0.2, 0.25) is 0 Å². The van der Waals surface area contributed by atoms with E-state index in [-0.39, 0.29) is 5.60 Å². The predicted octanol–water partition coefficient (Wildman–Crippen LogP) is -0.0470. The van der Waals surface area contributed by atoms with Crippen molar-refractivity contribution in [2.75, 3.05) is 40.5 Å². The minimum atomic E-state index is -0.114.